The lowest BCUT2D eigenvalue weighted by molar-refractivity contribution is -0.0961. The highest BCUT2D eigenvalue weighted by Crippen LogP contribution is 2.39. The SMILES string of the molecule is CCOc1cc(F)cc(F)c1-c1c(-c2cc(/C(N)=C(/NN)C(F)(F)F)ccn2)ncn1C. The van der Waals surface area contributed by atoms with Gasteiger partial charge in [-0.1, -0.05) is 0 Å². The fourth-order valence-electron chi connectivity index (χ4n) is 3.15. The zero-order chi connectivity index (χ0) is 23.6. The number of hydrazine groups is 1. The lowest BCUT2D eigenvalue weighted by atomic mass is 10.0. The van der Waals surface area contributed by atoms with Gasteiger partial charge in [-0.15, -0.1) is 0 Å². The molecule has 0 saturated heterocycles. The van der Waals surface area contributed by atoms with Crippen LogP contribution in [0, 0.1) is 11.6 Å². The molecule has 2 heterocycles. The number of alkyl halides is 3. The van der Waals surface area contributed by atoms with E-state index in [9.17, 15) is 22.0 Å². The van der Waals surface area contributed by atoms with Crippen LogP contribution < -0.4 is 21.7 Å². The molecule has 12 heteroatoms. The number of aryl methyl sites for hydroxylation is 1. The minimum atomic E-state index is -4.82. The van der Waals surface area contributed by atoms with Gasteiger partial charge in [0.25, 0.3) is 0 Å². The van der Waals surface area contributed by atoms with E-state index in [1.165, 1.54) is 29.2 Å². The Morgan fingerprint density at radius 1 is 1.19 bits per heavy atom. The van der Waals surface area contributed by atoms with Crippen LogP contribution in [0.1, 0.15) is 12.5 Å². The van der Waals surface area contributed by atoms with Crippen LogP contribution in [0.3, 0.4) is 0 Å². The zero-order valence-corrected chi connectivity index (χ0v) is 17.0. The van der Waals surface area contributed by atoms with Crippen molar-refractivity contribution in [1.29, 1.82) is 0 Å². The average molecular weight is 454 g/mol. The summed E-state index contributed by atoms with van der Waals surface area (Å²) in [7, 11) is 1.57. The Morgan fingerprint density at radius 3 is 2.53 bits per heavy atom. The molecule has 5 N–H and O–H groups in total. The normalized spacial score (nSPS) is 12.5. The van der Waals surface area contributed by atoms with E-state index in [1.807, 2.05) is 0 Å². The predicted molar refractivity (Wildman–Crippen MR) is 107 cm³/mol. The third-order valence-electron chi connectivity index (χ3n) is 4.50. The van der Waals surface area contributed by atoms with Crippen LogP contribution in [0.15, 0.2) is 42.5 Å². The van der Waals surface area contributed by atoms with Gasteiger partial charge in [0, 0.05) is 30.9 Å². The monoisotopic (exact) mass is 454 g/mol. The molecular formula is C20H19F5N6O. The second kappa shape index (κ2) is 8.83. The number of halogens is 5. The number of nitrogens with zero attached hydrogens (tertiary/aromatic N) is 3. The number of allylic oxidation sites excluding steroid dienone is 1. The number of ether oxygens (including phenoxy) is 1. The smallest absolute Gasteiger partial charge is 0.434 e. The van der Waals surface area contributed by atoms with E-state index in [0.29, 0.717) is 6.07 Å². The lowest BCUT2D eigenvalue weighted by Crippen LogP contribution is -2.34. The molecule has 0 aliphatic rings. The molecule has 0 aliphatic carbocycles. The van der Waals surface area contributed by atoms with Crippen LogP contribution in [-0.4, -0.2) is 27.3 Å². The van der Waals surface area contributed by atoms with E-state index in [4.69, 9.17) is 16.3 Å². The van der Waals surface area contributed by atoms with Crippen LogP contribution in [0.25, 0.3) is 28.3 Å². The van der Waals surface area contributed by atoms with E-state index in [1.54, 1.807) is 19.4 Å². The number of nitrogens with two attached hydrogens (primary N) is 2. The summed E-state index contributed by atoms with van der Waals surface area (Å²) < 4.78 is 74.9. The van der Waals surface area contributed by atoms with Crippen molar-refractivity contribution in [1.82, 2.24) is 20.0 Å². The summed E-state index contributed by atoms with van der Waals surface area (Å²) in [6, 6.07) is 4.24. The fourth-order valence-corrected chi connectivity index (χ4v) is 3.15. The number of benzene rings is 1. The molecule has 0 unspecified atom stereocenters. The highest BCUT2D eigenvalue weighted by molar-refractivity contribution is 5.82. The van der Waals surface area contributed by atoms with Gasteiger partial charge in [0.15, 0.2) is 5.70 Å². The van der Waals surface area contributed by atoms with Crippen molar-refractivity contribution in [2.75, 3.05) is 6.61 Å². The fraction of sp³-hybridized carbons (Fsp3) is 0.200. The van der Waals surface area contributed by atoms with Crippen molar-refractivity contribution in [3.8, 4) is 28.4 Å². The summed E-state index contributed by atoms with van der Waals surface area (Å²) in [4.78, 5) is 8.34. The molecule has 3 aromatic rings. The van der Waals surface area contributed by atoms with Crippen molar-refractivity contribution < 1.29 is 26.7 Å². The van der Waals surface area contributed by atoms with Crippen molar-refractivity contribution in [3.63, 3.8) is 0 Å². The maximum absolute atomic E-state index is 14.8. The third kappa shape index (κ3) is 4.35. The number of rotatable bonds is 6. The topological polar surface area (TPSA) is 104 Å². The van der Waals surface area contributed by atoms with Gasteiger partial charge < -0.3 is 20.5 Å². The standard InChI is InChI=1S/C20H19F5N6O/c1-3-32-14-8-11(21)7-12(22)15(14)18-17(29-9-31(18)2)13-6-10(4-5-28-13)16(26)19(30-27)20(23,24)25/h4-9,30H,3,26-27H2,1-2H3/b19-16-. The lowest BCUT2D eigenvalue weighted by Gasteiger charge is -2.15. The van der Waals surface area contributed by atoms with Gasteiger partial charge in [-0.25, -0.2) is 13.8 Å². The Morgan fingerprint density at radius 2 is 1.91 bits per heavy atom. The number of imidazole rings is 1. The first-order chi connectivity index (χ1) is 15.1. The second-order valence-corrected chi connectivity index (χ2v) is 6.61. The highest BCUT2D eigenvalue weighted by atomic mass is 19.4. The number of hydrogen-bond acceptors (Lipinski definition) is 6. The van der Waals surface area contributed by atoms with E-state index in [2.05, 4.69) is 9.97 Å². The number of pyridine rings is 1. The van der Waals surface area contributed by atoms with Crippen LogP contribution in [0.2, 0.25) is 0 Å². The molecule has 0 amide bonds. The Bertz CT molecular complexity index is 1170. The van der Waals surface area contributed by atoms with Gasteiger partial charge in [-0.3, -0.25) is 10.8 Å². The molecule has 1 aromatic carbocycles. The quantitative estimate of drug-likeness (QED) is 0.299. The first-order valence-electron chi connectivity index (χ1n) is 9.22. The van der Waals surface area contributed by atoms with Crippen LogP contribution in [-0.2, 0) is 7.05 Å². The van der Waals surface area contributed by atoms with Gasteiger partial charge >= 0.3 is 6.18 Å². The molecule has 7 nitrogen and oxygen atoms in total. The zero-order valence-electron chi connectivity index (χ0n) is 17.0. The van der Waals surface area contributed by atoms with Gasteiger partial charge in [-0.05, 0) is 19.1 Å². The van der Waals surface area contributed by atoms with Crippen LogP contribution in [0.4, 0.5) is 22.0 Å². The van der Waals surface area contributed by atoms with Gasteiger partial charge in [0.05, 0.1) is 35.6 Å². The maximum atomic E-state index is 14.8. The summed E-state index contributed by atoms with van der Waals surface area (Å²) in [5.41, 5.74) is 5.56. The molecular weight excluding hydrogens is 435 g/mol. The van der Waals surface area contributed by atoms with Crippen molar-refractivity contribution >= 4 is 5.70 Å². The molecule has 170 valence electrons. The molecule has 0 spiro atoms. The van der Waals surface area contributed by atoms with Crippen molar-refractivity contribution in [2.24, 2.45) is 18.6 Å². The van der Waals surface area contributed by atoms with Crippen LogP contribution in [0.5, 0.6) is 5.75 Å². The molecule has 0 aliphatic heterocycles. The van der Waals surface area contributed by atoms with Crippen molar-refractivity contribution in [2.45, 2.75) is 13.1 Å². The molecule has 0 radical (unpaired) electrons. The Hall–Kier alpha value is -3.67. The second-order valence-electron chi connectivity index (χ2n) is 6.61. The largest absolute Gasteiger partial charge is 0.493 e. The first kappa shape index (κ1) is 23.0. The molecule has 2 aromatic heterocycles. The minimum Gasteiger partial charge on any atom is -0.493 e. The number of hydrogen-bond donors (Lipinski definition) is 3. The van der Waals surface area contributed by atoms with E-state index in [0.717, 1.165) is 6.07 Å². The van der Waals surface area contributed by atoms with Gasteiger partial charge in [-0.2, -0.15) is 13.2 Å². The minimum absolute atomic E-state index is 0.0403. The molecule has 3 rings (SSSR count). The molecule has 0 fully saturated rings. The predicted octanol–water partition coefficient (Wildman–Crippen LogP) is 3.48. The van der Waals surface area contributed by atoms with Gasteiger partial charge in [0.1, 0.15) is 23.1 Å². The maximum Gasteiger partial charge on any atom is 0.434 e. The van der Waals surface area contributed by atoms with Crippen molar-refractivity contribution in [3.05, 3.63) is 59.7 Å². The van der Waals surface area contributed by atoms with E-state index < -0.39 is 29.2 Å². The highest BCUT2D eigenvalue weighted by Gasteiger charge is 2.36. The Kier molecular flexibility index (Phi) is 6.35. The molecule has 32 heavy (non-hydrogen) atoms. The van der Waals surface area contributed by atoms with E-state index >= 15 is 0 Å². The third-order valence-corrected chi connectivity index (χ3v) is 4.50. The molecule has 0 bridgehead atoms. The number of nitrogens with one attached hydrogen (secondary N) is 1. The average Bonchev–Trinajstić information content (AvgIpc) is 3.08. The summed E-state index contributed by atoms with van der Waals surface area (Å²) in [5.74, 6) is 3.21. The first-order valence-corrected chi connectivity index (χ1v) is 9.22. The summed E-state index contributed by atoms with van der Waals surface area (Å²) in [6.07, 6.45) is -2.23. The summed E-state index contributed by atoms with van der Waals surface area (Å²) in [6.45, 7) is 1.80. The van der Waals surface area contributed by atoms with Gasteiger partial charge in [0.2, 0.25) is 0 Å². The number of aromatic nitrogens is 3. The van der Waals surface area contributed by atoms with Crippen LogP contribution >= 0.6 is 0 Å². The Balaban J connectivity index is 2.21. The molecule has 0 atom stereocenters. The summed E-state index contributed by atoms with van der Waals surface area (Å²) in [5, 5.41) is 0. The Labute approximate surface area is 179 Å². The van der Waals surface area contributed by atoms with E-state index in [-0.39, 0.29) is 40.6 Å². The molecule has 0 saturated carbocycles. The summed E-state index contributed by atoms with van der Waals surface area (Å²) >= 11 is 0.